The van der Waals surface area contributed by atoms with Gasteiger partial charge in [-0.15, -0.1) is 0 Å². The molecule has 0 radical (unpaired) electrons. The first kappa shape index (κ1) is 28.6. The Balaban J connectivity index is 1.08. The van der Waals surface area contributed by atoms with Crippen molar-refractivity contribution in [3.05, 3.63) is 169 Å². The first-order valence-electron chi connectivity index (χ1n) is 18.8. The summed E-state index contributed by atoms with van der Waals surface area (Å²) in [4.78, 5) is 2.48. The lowest BCUT2D eigenvalue weighted by molar-refractivity contribution is 0.327. The molecule has 2 bridgehead atoms. The van der Waals surface area contributed by atoms with Crippen LogP contribution in [0.15, 0.2) is 162 Å². The van der Waals surface area contributed by atoms with E-state index in [-0.39, 0.29) is 5.41 Å². The highest BCUT2D eigenvalue weighted by Gasteiger charge is 2.57. The molecule has 2 heterocycles. The number of rotatable bonds is 4. The van der Waals surface area contributed by atoms with Crippen molar-refractivity contribution in [2.24, 2.45) is 11.8 Å². The monoisotopic (exact) mass is 668 g/mol. The molecule has 2 fully saturated rings. The fraction of sp³-hybridized carbons (Fsp3) is 0.143. The molecule has 1 spiro atoms. The first-order chi connectivity index (χ1) is 25.8. The minimum atomic E-state index is 0.111. The molecule has 2 aromatic heterocycles. The van der Waals surface area contributed by atoms with Gasteiger partial charge < -0.3 is 13.9 Å². The highest BCUT2D eigenvalue weighted by Crippen LogP contribution is 2.67. The Morgan fingerprint density at radius 3 is 2.00 bits per heavy atom. The summed E-state index contributed by atoms with van der Waals surface area (Å²) < 4.78 is 8.89. The first-order valence-corrected chi connectivity index (χ1v) is 18.8. The van der Waals surface area contributed by atoms with Crippen LogP contribution in [0.4, 0.5) is 17.1 Å². The van der Waals surface area contributed by atoms with E-state index in [1.54, 1.807) is 5.56 Å². The van der Waals surface area contributed by atoms with Gasteiger partial charge in [-0.25, -0.2) is 0 Å². The average molecular weight is 669 g/mol. The number of para-hydroxylation sites is 3. The highest BCUT2D eigenvalue weighted by molar-refractivity contribution is 6.09. The Morgan fingerprint density at radius 1 is 0.558 bits per heavy atom. The minimum absolute atomic E-state index is 0.111. The van der Waals surface area contributed by atoms with Crippen LogP contribution >= 0.6 is 0 Å². The summed E-state index contributed by atoms with van der Waals surface area (Å²) in [5.41, 5.74) is 14.8. The average Bonchev–Trinajstić information content (AvgIpc) is 4.02. The molecule has 52 heavy (non-hydrogen) atoms. The Bertz CT molecular complexity index is 2840. The van der Waals surface area contributed by atoms with Gasteiger partial charge in [-0.05, 0) is 108 Å². The molecule has 0 saturated heterocycles. The largest absolute Gasteiger partial charge is 0.456 e. The molecular weight excluding hydrogens is 633 g/mol. The second-order valence-electron chi connectivity index (χ2n) is 15.3. The van der Waals surface area contributed by atoms with Gasteiger partial charge in [0.1, 0.15) is 11.2 Å². The molecule has 2 saturated carbocycles. The van der Waals surface area contributed by atoms with Crippen LogP contribution in [0.1, 0.15) is 36.8 Å². The quantitative estimate of drug-likeness (QED) is 0.186. The van der Waals surface area contributed by atoms with E-state index in [0.29, 0.717) is 5.92 Å². The zero-order valence-electron chi connectivity index (χ0n) is 28.8. The second kappa shape index (κ2) is 10.5. The molecule has 7 aromatic carbocycles. The topological polar surface area (TPSA) is 21.3 Å². The maximum Gasteiger partial charge on any atom is 0.137 e. The lowest BCUT2D eigenvalue weighted by atomic mass is 9.67. The van der Waals surface area contributed by atoms with E-state index in [9.17, 15) is 0 Å². The number of furan rings is 1. The van der Waals surface area contributed by atoms with Crippen LogP contribution in [0, 0.1) is 11.8 Å². The van der Waals surface area contributed by atoms with Crippen LogP contribution in [0.2, 0.25) is 0 Å². The van der Waals surface area contributed by atoms with Crippen molar-refractivity contribution in [3.63, 3.8) is 0 Å². The van der Waals surface area contributed by atoms with Crippen molar-refractivity contribution in [2.45, 2.75) is 31.1 Å². The molecular formula is C49H36N2O. The highest BCUT2D eigenvalue weighted by atomic mass is 16.3. The zero-order chi connectivity index (χ0) is 34.0. The van der Waals surface area contributed by atoms with Crippen LogP contribution in [-0.4, -0.2) is 4.57 Å². The van der Waals surface area contributed by atoms with Gasteiger partial charge >= 0.3 is 0 Å². The summed E-state index contributed by atoms with van der Waals surface area (Å²) >= 11 is 0. The number of nitrogens with zero attached hydrogens (tertiary/aromatic N) is 2. The molecule has 12 rings (SSSR count). The molecule has 3 atom stereocenters. The smallest absolute Gasteiger partial charge is 0.137 e. The fourth-order valence-electron chi connectivity index (χ4n) is 10.8. The van der Waals surface area contributed by atoms with Gasteiger partial charge in [-0.3, -0.25) is 0 Å². The van der Waals surface area contributed by atoms with Crippen molar-refractivity contribution < 1.29 is 4.42 Å². The molecule has 3 nitrogen and oxygen atoms in total. The molecule has 3 aliphatic rings. The van der Waals surface area contributed by atoms with Crippen molar-refractivity contribution >= 4 is 60.8 Å². The molecule has 3 unspecified atom stereocenters. The summed E-state index contributed by atoms with van der Waals surface area (Å²) in [6.07, 6.45) is 5.34. The molecule has 248 valence electrons. The summed E-state index contributed by atoms with van der Waals surface area (Å²) in [6.45, 7) is 0. The number of hydrogen-bond donors (Lipinski definition) is 0. The zero-order valence-corrected chi connectivity index (χ0v) is 28.8. The second-order valence-corrected chi connectivity index (χ2v) is 15.3. The van der Waals surface area contributed by atoms with E-state index >= 15 is 0 Å². The van der Waals surface area contributed by atoms with Crippen LogP contribution in [0.3, 0.4) is 0 Å². The van der Waals surface area contributed by atoms with Crippen LogP contribution < -0.4 is 4.90 Å². The van der Waals surface area contributed by atoms with E-state index in [2.05, 4.69) is 161 Å². The third-order valence-corrected chi connectivity index (χ3v) is 12.9. The van der Waals surface area contributed by atoms with Crippen molar-refractivity contribution in [1.29, 1.82) is 0 Å². The van der Waals surface area contributed by atoms with Crippen LogP contribution in [0.25, 0.3) is 60.6 Å². The number of benzene rings is 7. The van der Waals surface area contributed by atoms with Crippen molar-refractivity contribution in [3.8, 4) is 16.8 Å². The normalized spacial score (nSPS) is 20.1. The van der Waals surface area contributed by atoms with Gasteiger partial charge in [-0.1, -0.05) is 97.4 Å². The standard InChI is InChI=1S/C49H36N2O/c1-5-14-41-40(13-1)48-42(49(41)30-31-20-21-32(49)28-31)15-9-18-45(48)50(35-26-27-39-38-12-4-8-19-46(38)52-47(39)29-35)33-22-24-34(25-23-33)51-43-16-6-2-10-36(43)37-11-3-7-17-44(37)51/h1-19,22-27,29,31-32H,20-21,28,30H2. The van der Waals surface area contributed by atoms with E-state index in [1.807, 2.05) is 6.07 Å². The van der Waals surface area contributed by atoms with E-state index < -0.39 is 0 Å². The lowest BCUT2D eigenvalue weighted by Crippen LogP contribution is -2.31. The van der Waals surface area contributed by atoms with Gasteiger partial charge in [0.2, 0.25) is 0 Å². The number of fused-ring (bicyclic) bond motifs is 14. The Morgan fingerprint density at radius 2 is 1.23 bits per heavy atom. The van der Waals surface area contributed by atoms with E-state index in [4.69, 9.17) is 4.42 Å². The van der Waals surface area contributed by atoms with Gasteiger partial charge in [0.05, 0.1) is 16.7 Å². The fourth-order valence-corrected chi connectivity index (χ4v) is 10.8. The summed E-state index contributed by atoms with van der Waals surface area (Å²) in [7, 11) is 0. The molecule has 0 N–H and O–H groups in total. The van der Waals surface area contributed by atoms with Gasteiger partial charge in [0.15, 0.2) is 0 Å². The number of aromatic nitrogens is 1. The summed E-state index contributed by atoms with van der Waals surface area (Å²) in [5.74, 6) is 1.54. The van der Waals surface area contributed by atoms with Crippen LogP contribution in [0.5, 0.6) is 0 Å². The summed E-state index contributed by atoms with van der Waals surface area (Å²) in [5, 5.41) is 4.84. The van der Waals surface area contributed by atoms with E-state index in [1.165, 1.54) is 69.9 Å². The maximum absolute atomic E-state index is 6.49. The van der Waals surface area contributed by atoms with Gasteiger partial charge in [0, 0.05) is 55.7 Å². The van der Waals surface area contributed by atoms with Crippen molar-refractivity contribution in [2.75, 3.05) is 4.90 Å². The SMILES string of the molecule is c1ccc2c(c1)-c1c(N(c3ccc(-n4c5ccccc5c5ccccc54)cc3)c3ccc4c(c3)oc3ccccc34)cccc1C21CC2CCC1C2. The molecule has 0 amide bonds. The Kier molecular flexibility index (Phi) is 5.77. The Labute approximate surface area is 302 Å². The number of hydrogen-bond acceptors (Lipinski definition) is 2. The van der Waals surface area contributed by atoms with Crippen LogP contribution in [-0.2, 0) is 5.41 Å². The predicted octanol–water partition coefficient (Wildman–Crippen LogP) is 13.2. The third kappa shape index (κ3) is 3.75. The lowest BCUT2D eigenvalue weighted by Gasteiger charge is -2.37. The summed E-state index contributed by atoms with van der Waals surface area (Å²) in [6, 6.07) is 58.2. The Hall–Kier alpha value is -6.06. The number of anilines is 3. The molecule has 3 heteroatoms. The molecule has 3 aliphatic carbocycles. The minimum Gasteiger partial charge on any atom is -0.456 e. The van der Waals surface area contributed by atoms with Crippen molar-refractivity contribution in [1.82, 2.24) is 4.57 Å². The van der Waals surface area contributed by atoms with E-state index in [0.717, 1.165) is 44.9 Å². The maximum atomic E-state index is 6.49. The van der Waals surface area contributed by atoms with Gasteiger partial charge in [-0.2, -0.15) is 0 Å². The van der Waals surface area contributed by atoms with Gasteiger partial charge in [0.25, 0.3) is 0 Å². The third-order valence-electron chi connectivity index (χ3n) is 12.9. The molecule has 0 aliphatic heterocycles. The predicted molar refractivity (Wildman–Crippen MR) is 214 cm³/mol. The molecule has 9 aromatic rings.